The highest BCUT2D eigenvalue weighted by Gasteiger charge is 2.44. The number of carboxylic acid groups (broad SMARTS) is 1. The van der Waals surface area contributed by atoms with Gasteiger partial charge in [0.15, 0.2) is 5.78 Å². The van der Waals surface area contributed by atoms with Crippen molar-refractivity contribution < 1.29 is 33.9 Å². The van der Waals surface area contributed by atoms with E-state index in [0.717, 1.165) is 16.4 Å². The van der Waals surface area contributed by atoms with E-state index in [4.69, 9.17) is 11.5 Å². The first kappa shape index (κ1) is 36.6. The van der Waals surface area contributed by atoms with Crippen molar-refractivity contribution >= 4 is 57.0 Å². The second-order valence-corrected chi connectivity index (χ2v) is 15.8. The zero-order chi connectivity index (χ0) is 34.2. The molecule has 1 saturated heterocycles. The van der Waals surface area contributed by atoms with Gasteiger partial charge in [-0.3, -0.25) is 24.0 Å². The number of amides is 4. The minimum atomic E-state index is -1.33. The van der Waals surface area contributed by atoms with Crippen LogP contribution in [0.5, 0.6) is 0 Å². The van der Waals surface area contributed by atoms with Gasteiger partial charge in [0.05, 0.1) is 17.3 Å². The predicted molar refractivity (Wildman–Crippen MR) is 178 cm³/mol. The van der Waals surface area contributed by atoms with Gasteiger partial charge in [0.25, 0.3) is 0 Å². The Balaban J connectivity index is 1.87. The fourth-order valence-electron chi connectivity index (χ4n) is 4.85. The molecule has 0 aliphatic carbocycles. The molecule has 3 unspecified atom stereocenters. The molecule has 0 spiro atoms. The van der Waals surface area contributed by atoms with E-state index in [1.54, 1.807) is 52.0 Å². The Labute approximate surface area is 276 Å². The van der Waals surface area contributed by atoms with Crippen molar-refractivity contribution in [3.8, 4) is 0 Å². The van der Waals surface area contributed by atoms with Crippen molar-refractivity contribution in [1.82, 2.24) is 16.0 Å². The zero-order valence-corrected chi connectivity index (χ0v) is 27.8. The summed E-state index contributed by atoms with van der Waals surface area (Å²) < 4.78 is -2.13. The van der Waals surface area contributed by atoms with Crippen molar-refractivity contribution in [1.29, 1.82) is 0 Å². The Bertz CT molecular complexity index is 1450. The molecule has 1 aliphatic rings. The minimum Gasteiger partial charge on any atom is -0.480 e. The smallest absolute Gasteiger partial charge is 0.327 e. The van der Waals surface area contributed by atoms with Gasteiger partial charge in [-0.2, -0.15) is 0 Å². The zero-order valence-electron chi connectivity index (χ0n) is 26.2. The van der Waals surface area contributed by atoms with Crippen molar-refractivity contribution in [3.63, 3.8) is 0 Å². The molecular formula is C32H41N5O7S2. The van der Waals surface area contributed by atoms with Crippen LogP contribution in [0.1, 0.15) is 55.6 Å². The summed E-state index contributed by atoms with van der Waals surface area (Å²) in [6.45, 7) is 6.34. The summed E-state index contributed by atoms with van der Waals surface area (Å²) in [4.78, 5) is 77.2. The molecule has 4 amide bonds. The van der Waals surface area contributed by atoms with Crippen LogP contribution in [0.3, 0.4) is 0 Å². The maximum absolute atomic E-state index is 13.6. The normalized spacial score (nSPS) is 22.8. The summed E-state index contributed by atoms with van der Waals surface area (Å²) in [6.07, 6.45) is 0.0568. The molecule has 1 aliphatic heterocycles. The van der Waals surface area contributed by atoms with Crippen molar-refractivity contribution in [3.05, 3.63) is 71.3 Å². The van der Waals surface area contributed by atoms with E-state index < -0.39 is 75.5 Å². The molecule has 1 heterocycles. The van der Waals surface area contributed by atoms with Crippen LogP contribution in [0.25, 0.3) is 0 Å². The van der Waals surface area contributed by atoms with E-state index in [-0.39, 0.29) is 19.3 Å². The lowest BCUT2D eigenvalue weighted by Gasteiger charge is -2.38. The van der Waals surface area contributed by atoms with Gasteiger partial charge in [-0.25, -0.2) is 4.79 Å². The molecule has 3 rings (SSSR count). The first-order valence-corrected chi connectivity index (χ1v) is 16.8. The van der Waals surface area contributed by atoms with E-state index in [9.17, 15) is 33.9 Å². The van der Waals surface area contributed by atoms with Crippen LogP contribution < -0.4 is 27.4 Å². The summed E-state index contributed by atoms with van der Waals surface area (Å²) in [5.41, 5.74) is 13.3. The number of ketones is 1. The van der Waals surface area contributed by atoms with Crippen molar-refractivity contribution in [2.45, 2.75) is 74.6 Å². The van der Waals surface area contributed by atoms with E-state index in [1.165, 1.54) is 22.9 Å². The number of hydrogen-bond acceptors (Lipinski definition) is 9. The van der Waals surface area contributed by atoms with Gasteiger partial charge in [0.1, 0.15) is 12.1 Å². The monoisotopic (exact) mass is 671 g/mol. The third-order valence-corrected chi connectivity index (χ3v) is 11.8. The topological polar surface area (TPSA) is 211 Å². The van der Waals surface area contributed by atoms with E-state index in [1.807, 2.05) is 18.2 Å². The quantitative estimate of drug-likeness (QED) is 0.223. The Morgan fingerprint density at radius 3 is 2.13 bits per heavy atom. The highest BCUT2D eigenvalue weighted by Crippen LogP contribution is 2.46. The number of carbonyl (C=O) groups excluding carboxylic acids is 5. The van der Waals surface area contributed by atoms with Gasteiger partial charge in [-0.15, -0.1) is 0 Å². The van der Waals surface area contributed by atoms with E-state index in [2.05, 4.69) is 16.0 Å². The van der Waals surface area contributed by atoms with Gasteiger partial charge >= 0.3 is 5.97 Å². The third kappa shape index (κ3) is 10.1. The fraction of sp³-hybridized carbons (Fsp3) is 0.438. The molecule has 2 aromatic carbocycles. The molecule has 248 valence electrons. The number of primary amides is 1. The van der Waals surface area contributed by atoms with Gasteiger partial charge in [-0.1, -0.05) is 64.1 Å². The van der Waals surface area contributed by atoms with E-state index in [0.29, 0.717) is 11.1 Å². The lowest BCUT2D eigenvalue weighted by molar-refractivity contribution is -0.143. The lowest BCUT2D eigenvalue weighted by atomic mass is 9.92. The second kappa shape index (κ2) is 15.6. The van der Waals surface area contributed by atoms with Crippen molar-refractivity contribution in [2.75, 3.05) is 6.54 Å². The molecule has 46 heavy (non-hydrogen) atoms. The van der Waals surface area contributed by atoms with Crippen LogP contribution in [0.15, 0.2) is 54.6 Å². The summed E-state index contributed by atoms with van der Waals surface area (Å²) in [7, 11) is 2.33. The molecule has 0 saturated carbocycles. The summed E-state index contributed by atoms with van der Waals surface area (Å²) in [5.74, 6) is -4.99. The molecular weight excluding hydrogens is 631 g/mol. The Hall–Kier alpha value is -3.88. The van der Waals surface area contributed by atoms with Gasteiger partial charge in [-0.05, 0) is 63.8 Å². The van der Waals surface area contributed by atoms with Crippen LogP contribution in [0.4, 0.5) is 0 Å². The van der Waals surface area contributed by atoms with E-state index >= 15 is 0 Å². The minimum absolute atomic E-state index is 0.107. The molecule has 12 nitrogen and oxygen atoms in total. The first-order chi connectivity index (χ1) is 21.5. The SMILES string of the molecule is CC1(C)SSC(C)(C)C(NC(=O)C(N)Cc2ccc(C(N)=O)cc2)C(=O)NCC(=O)C[C@@H](Cc2ccccc2)C(=O)NC1C(=O)O. The molecule has 8 N–H and O–H groups in total. The number of carboxylic acids is 1. The standard InChI is InChI=1S/C32H41N5O7S2/c1-31(2)24(36-28(41)23(33)15-19-10-12-20(13-11-19)26(34)39)29(42)35-17-22(38)16-21(14-18-8-6-5-7-9-18)27(40)37-25(30(43)44)32(3,4)46-45-31/h5-13,21,23-25H,14-17,33H2,1-4H3,(H2,34,39)(H,35,42)(H,36,41)(H,37,40)(H,43,44)/t21-,23?,24?,25?/m1/s1. The molecule has 1 fully saturated rings. The van der Waals surface area contributed by atoms with Crippen LogP contribution >= 0.6 is 21.6 Å². The van der Waals surface area contributed by atoms with Crippen LogP contribution in [0, 0.1) is 5.92 Å². The van der Waals surface area contributed by atoms with Gasteiger partial charge in [0, 0.05) is 22.6 Å². The number of rotatable bonds is 8. The number of nitrogens with one attached hydrogen (secondary N) is 3. The number of aliphatic carboxylic acids is 1. The Morgan fingerprint density at radius 1 is 0.935 bits per heavy atom. The number of nitrogens with two attached hydrogens (primary N) is 2. The number of carbonyl (C=O) groups is 6. The average molecular weight is 672 g/mol. The molecule has 0 aromatic heterocycles. The van der Waals surface area contributed by atoms with Crippen LogP contribution in [-0.2, 0) is 36.8 Å². The molecule has 2 aromatic rings. The maximum atomic E-state index is 13.6. The third-order valence-electron chi connectivity index (χ3n) is 7.60. The summed E-state index contributed by atoms with van der Waals surface area (Å²) in [5, 5.41) is 18.1. The van der Waals surface area contributed by atoms with Crippen LogP contribution in [-0.4, -0.2) is 74.7 Å². The number of benzene rings is 2. The summed E-state index contributed by atoms with van der Waals surface area (Å²) in [6, 6.07) is 11.8. The van der Waals surface area contributed by atoms with Crippen LogP contribution in [0.2, 0.25) is 0 Å². The average Bonchev–Trinajstić information content (AvgIpc) is 2.99. The lowest BCUT2D eigenvalue weighted by Crippen LogP contribution is -2.60. The van der Waals surface area contributed by atoms with Crippen molar-refractivity contribution in [2.24, 2.45) is 17.4 Å². The van der Waals surface area contributed by atoms with Gasteiger partial charge in [0.2, 0.25) is 23.6 Å². The number of hydrogen-bond donors (Lipinski definition) is 6. The molecule has 14 heteroatoms. The Kier molecular flexibility index (Phi) is 12.4. The highest BCUT2D eigenvalue weighted by molar-refractivity contribution is 8.77. The largest absolute Gasteiger partial charge is 0.480 e. The molecule has 4 atom stereocenters. The van der Waals surface area contributed by atoms with Gasteiger partial charge < -0.3 is 32.5 Å². The Morgan fingerprint density at radius 2 is 1.54 bits per heavy atom. The first-order valence-electron chi connectivity index (χ1n) is 14.7. The highest BCUT2D eigenvalue weighted by atomic mass is 33.1. The molecule has 0 radical (unpaired) electrons. The summed E-state index contributed by atoms with van der Waals surface area (Å²) >= 11 is 0. The molecule has 0 bridgehead atoms. The fourth-order valence-corrected chi connectivity index (χ4v) is 7.66. The second-order valence-electron chi connectivity index (χ2n) is 12.3. The predicted octanol–water partition coefficient (Wildman–Crippen LogP) is 1.60. The maximum Gasteiger partial charge on any atom is 0.327 e. The number of Topliss-reactive ketones (excluding diaryl/α,β-unsaturated/α-hetero) is 1.